The summed E-state index contributed by atoms with van der Waals surface area (Å²) in [6.07, 6.45) is 3.33. The van der Waals surface area contributed by atoms with Gasteiger partial charge in [-0.1, -0.05) is 11.6 Å². The Morgan fingerprint density at radius 2 is 1.94 bits per heavy atom. The molecule has 5 nitrogen and oxygen atoms in total. The zero-order valence-corrected chi connectivity index (χ0v) is 9.83. The van der Waals surface area contributed by atoms with E-state index in [1.165, 1.54) is 0 Å². The van der Waals surface area contributed by atoms with Crippen molar-refractivity contribution in [2.45, 2.75) is 0 Å². The van der Waals surface area contributed by atoms with Gasteiger partial charge in [0.05, 0.1) is 11.6 Å². The number of hydrogen-bond donors (Lipinski definition) is 0. The van der Waals surface area contributed by atoms with Crippen LogP contribution in [0.4, 0.5) is 0 Å². The molecule has 0 spiro atoms. The van der Waals surface area contributed by atoms with Gasteiger partial charge in [-0.25, -0.2) is 4.98 Å². The van der Waals surface area contributed by atoms with E-state index in [4.69, 9.17) is 16.9 Å². The Labute approximate surface area is 107 Å². The van der Waals surface area contributed by atoms with E-state index in [2.05, 4.69) is 21.3 Å². The first-order chi connectivity index (χ1) is 8.79. The van der Waals surface area contributed by atoms with Crippen LogP contribution in [0, 0.1) is 11.3 Å². The molecule has 6 heteroatoms. The second-order valence-electron chi connectivity index (χ2n) is 3.62. The molecule has 1 aromatic carbocycles. The van der Waals surface area contributed by atoms with Crippen molar-refractivity contribution in [3.8, 4) is 17.5 Å². The third-order valence-electron chi connectivity index (χ3n) is 2.56. The lowest BCUT2D eigenvalue weighted by Gasteiger charge is -2.00. The molecule has 0 bridgehead atoms. The third kappa shape index (κ3) is 1.60. The van der Waals surface area contributed by atoms with Gasteiger partial charge in [0.1, 0.15) is 0 Å². The molecule has 0 saturated heterocycles. The van der Waals surface area contributed by atoms with E-state index in [0.29, 0.717) is 22.2 Å². The SMILES string of the molecule is N#Cc1ccc(-c2nnc3c(Cl)nccn23)cc1. The van der Waals surface area contributed by atoms with Crippen molar-refractivity contribution in [2.75, 3.05) is 0 Å². The predicted molar refractivity (Wildman–Crippen MR) is 65.9 cm³/mol. The molecule has 0 unspecified atom stereocenters. The summed E-state index contributed by atoms with van der Waals surface area (Å²) >= 11 is 5.93. The summed E-state index contributed by atoms with van der Waals surface area (Å²) in [4.78, 5) is 3.94. The fourth-order valence-corrected chi connectivity index (χ4v) is 1.87. The first-order valence-electron chi connectivity index (χ1n) is 5.15. The van der Waals surface area contributed by atoms with Crippen molar-refractivity contribution in [1.82, 2.24) is 19.6 Å². The molecular weight excluding hydrogens is 250 g/mol. The Morgan fingerprint density at radius 3 is 2.67 bits per heavy atom. The topological polar surface area (TPSA) is 66.9 Å². The predicted octanol–water partition coefficient (Wildman–Crippen LogP) is 2.32. The average Bonchev–Trinajstić information content (AvgIpc) is 2.84. The van der Waals surface area contributed by atoms with Gasteiger partial charge in [0, 0.05) is 18.0 Å². The minimum Gasteiger partial charge on any atom is -0.278 e. The Kier molecular flexibility index (Phi) is 2.43. The normalized spacial score (nSPS) is 10.4. The number of nitriles is 1. The van der Waals surface area contributed by atoms with Gasteiger partial charge >= 0.3 is 0 Å². The van der Waals surface area contributed by atoms with Crippen LogP contribution in [0.25, 0.3) is 17.0 Å². The first kappa shape index (κ1) is 10.7. The molecule has 2 heterocycles. The van der Waals surface area contributed by atoms with E-state index in [-0.39, 0.29) is 0 Å². The molecule has 2 aromatic heterocycles. The van der Waals surface area contributed by atoms with Crippen molar-refractivity contribution in [1.29, 1.82) is 5.26 Å². The summed E-state index contributed by atoms with van der Waals surface area (Å²) in [6.45, 7) is 0. The van der Waals surface area contributed by atoms with Crippen molar-refractivity contribution in [3.05, 3.63) is 47.4 Å². The Bertz CT molecular complexity index is 754. The molecule has 18 heavy (non-hydrogen) atoms. The quantitative estimate of drug-likeness (QED) is 0.669. The molecule has 86 valence electrons. The van der Waals surface area contributed by atoms with Gasteiger partial charge in [0.2, 0.25) is 0 Å². The maximum atomic E-state index is 8.76. The smallest absolute Gasteiger partial charge is 0.198 e. The summed E-state index contributed by atoms with van der Waals surface area (Å²) in [5, 5.41) is 17.1. The van der Waals surface area contributed by atoms with Crippen LogP contribution in [0.3, 0.4) is 0 Å². The highest BCUT2D eigenvalue weighted by Gasteiger charge is 2.10. The second-order valence-corrected chi connectivity index (χ2v) is 3.98. The molecule has 0 atom stereocenters. The fourth-order valence-electron chi connectivity index (χ4n) is 1.69. The third-order valence-corrected chi connectivity index (χ3v) is 2.82. The highest BCUT2D eigenvalue weighted by Crippen LogP contribution is 2.21. The molecule has 0 fully saturated rings. The van der Waals surface area contributed by atoms with Gasteiger partial charge in [-0.2, -0.15) is 5.26 Å². The number of hydrogen-bond acceptors (Lipinski definition) is 4. The van der Waals surface area contributed by atoms with Gasteiger partial charge in [-0.15, -0.1) is 10.2 Å². The molecule has 3 rings (SSSR count). The van der Waals surface area contributed by atoms with Crippen LogP contribution in [0.5, 0.6) is 0 Å². The molecule has 0 aliphatic carbocycles. The number of aromatic nitrogens is 4. The summed E-state index contributed by atoms with van der Waals surface area (Å²) in [6, 6.07) is 9.19. The van der Waals surface area contributed by atoms with E-state index in [1.807, 2.05) is 12.1 Å². The van der Waals surface area contributed by atoms with E-state index < -0.39 is 0 Å². The monoisotopic (exact) mass is 255 g/mol. The van der Waals surface area contributed by atoms with Crippen LogP contribution < -0.4 is 0 Å². The molecule has 0 saturated carbocycles. The minimum atomic E-state index is 0.310. The molecule has 0 aliphatic rings. The Balaban J connectivity index is 2.20. The van der Waals surface area contributed by atoms with E-state index in [0.717, 1.165) is 5.56 Å². The summed E-state index contributed by atoms with van der Waals surface area (Å²) < 4.78 is 1.76. The molecule has 0 radical (unpaired) electrons. The highest BCUT2D eigenvalue weighted by molar-refractivity contribution is 6.32. The van der Waals surface area contributed by atoms with Crippen molar-refractivity contribution in [3.63, 3.8) is 0 Å². The van der Waals surface area contributed by atoms with E-state index in [9.17, 15) is 0 Å². The lowest BCUT2D eigenvalue weighted by Crippen LogP contribution is -1.90. The molecule has 3 aromatic rings. The van der Waals surface area contributed by atoms with Crippen LogP contribution in [-0.4, -0.2) is 19.6 Å². The zero-order chi connectivity index (χ0) is 12.5. The first-order valence-corrected chi connectivity index (χ1v) is 5.53. The van der Waals surface area contributed by atoms with Crippen molar-refractivity contribution >= 4 is 17.2 Å². The van der Waals surface area contributed by atoms with Crippen LogP contribution >= 0.6 is 11.6 Å². The highest BCUT2D eigenvalue weighted by atomic mass is 35.5. The van der Waals surface area contributed by atoms with Crippen LogP contribution in [0.15, 0.2) is 36.7 Å². The van der Waals surface area contributed by atoms with Gasteiger partial charge in [0.25, 0.3) is 0 Å². The molecular formula is C12H6ClN5. The Hall–Kier alpha value is -2.45. The molecule has 0 N–H and O–H groups in total. The van der Waals surface area contributed by atoms with Crippen molar-refractivity contribution < 1.29 is 0 Å². The number of nitrogens with zero attached hydrogens (tertiary/aromatic N) is 5. The standard InChI is InChI=1S/C12H6ClN5/c13-10-12-17-16-11(18(12)6-5-15-10)9-3-1-8(7-14)2-4-9/h1-6H. The zero-order valence-electron chi connectivity index (χ0n) is 9.08. The number of benzene rings is 1. The van der Waals surface area contributed by atoms with Crippen LogP contribution in [0.2, 0.25) is 5.15 Å². The number of rotatable bonds is 1. The lowest BCUT2D eigenvalue weighted by atomic mass is 10.1. The van der Waals surface area contributed by atoms with Gasteiger partial charge in [-0.05, 0) is 24.3 Å². The van der Waals surface area contributed by atoms with Crippen LogP contribution in [-0.2, 0) is 0 Å². The number of halogens is 1. The van der Waals surface area contributed by atoms with Gasteiger partial charge < -0.3 is 0 Å². The maximum absolute atomic E-state index is 8.76. The van der Waals surface area contributed by atoms with Crippen LogP contribution in [0.1, 0.15) is 5.56 Å². The van der Waals surface area contributed by atoms with E-state index in [1.54, 1.807) is 28.9 Å². The fraction of sp³-hybridized carbons (Fsp3) is 0. The minimum absolute atomic E-state index is 0.310. The largest absolute Gasteiger partial charge is 0.278 e. The van der Waals surface area contributed by atoms with Crippen molar-refractivity contribution in [2.24, 2.45) is 0 Å². The van der Waals surface area contributed by atoms with Gasteiger partial charge in [0.15, 0.2) is 16.6 Å². The Morgan fingerprint density at radius 1 is 1.17 bits per heavy atom. The maximum Gasteiger partial charge on any atom is 0.198 e. The lowest BCUT2D eigenvalue weighted by molar-refractivity contribution is 1.11. The summed E-state index contributed by atoms with van der Waals surface area (Å²) in [7, 11) is 0. The molecule has 0 aliphatic heterocycles. The second kappa shape index (κ2) is 4.09. The summed E-state index contributed by atoms with van der Waals surface area (Å²) in [5.74, 6) is 0.666. The van der Waals surface area contributed by atoms with E-state index >= 15 is 0 Å². The summed E-state index contributed by atoms with van der Waals surface area (Å²) in [5.41, 5.74) is 1.98. The average molecular weight is 256 g/mol. The van der Waals surface area contributed by atoms with Gasteiger partial charge in [-0.3, -0.25) is 4.40 Å². The number of fused-ring (bicyclic) bond motifs is 1. The molecule has 0 amide bonds.